The van der Waals surface area contributed by atoms with Crippen LogP contribution in [0.2, 0.25) is 0 Å². The molecule has 0 aromatic carbocycles. The number of aliphatic hydroxyl groups is 5. The van der Waals surface area contributed by atoms with Crippen LogP contribution in [-0.2, 0) is 37.6 Å². The number of carbonyl (C=O) groups excluding carboxylic acids is 2. The molecule has 15 heteroatoms. The van der Waals surface area contributed by atoms with Crippen molar-refractivity contribution in [2.45, 2.75) is 300 Å². The Kier molecular flexibility index (Phi) is 35.6. The van der Waals surface area contributed by atoms with E-state index in [2.05, 4.69) is 13.8 Å². The number of hydrogen-bond donors (Lipinski definition) is 6. The van der Waals surface area contributed by atoms with Crippen LogP contribution >= 0.6 is 7.60 Å². The summed E-state index contributed by atoms with van der Waals surface area (Å²) in [5, 5.41) is 51.3. The average Bonchev–Trinajstić information content (AvgIpc) is 3.30. The number of rotatable bonds is 42. The van der Waals surface area contributed by atoms with E-state index in [4.69, 9.17) is 23.5 Å². The van der Waals surface area contributed by atoms with Crippen LogP contribution in [0.5, 0.6) is 0 Å². The summed E-state index contributed by atoms with van der Waals surface area (Å²) in [6.07, 6.45) is 25.3. The molecule has 0 amide bonds. The van der Waals surface area contributed by atoms with Crippen LogP contribution in [0, 0.1) is 0 Å². The Bertz CT molecular complexity index is 1240. The lowest BCUT2D eigenvalue weighted by Gasteiger charge is -2.43. The SMILES string of the molecule is CCCCCCCCCCCCCCCCCC(=O)OC([C@H](CO)OC(=O)CCCCCCCCCCCCCCCCC)P(=O)(O)OC1CCCCC1O[C@@H]1O[C@@H](CO)[C@H](O)[C@@H](O)[C@H]1O. The van der Waals surface area contributed by atoms with Crippen LogP contribution in [0.1, 0.15) is 245 Å². The van der Waals surface area contributed by atoms with Crippen LogP contribution in [0.3, 0.4) is 0 Å². The third-order valence-corrected chi connectivity index (χ3v) is 15.1. The first-order valence-electron chi connectivity index (χ1n) is 27.0. The van der Waals surface area contributed by atoms with Crippen molar-refractivity contribution in [3.63, 3.8) is 0 Å². The number of aliphatic hydroxyl groups excluding tert-OH is 5. The maximum Gasteiger partial charge on any atom is 0.372 e. The molecule has 1 aliphatic heterocycles. The summed E-state index contributed by atoms with van der Waals surface area (Å²) in [6, 6.07) is 0. The monoisotopic (exact) mass is 965 g/mol. The Balaban J connectivity index is 1.91. The summed E-state index contributed by atoms with van der Waals surface area (Å²) in [6.45, 7) is 2.92. The van der Waals surface area contributed by atoms with Gasteiger partial charge in [-0.15, -0.1) is 0 Å². The van der Waals surface area contributed by atoms with E-state index in [0.29, 0.717) is 32.1 Å². The minimum absolute atomic E-state index is 0.0305. The van der Waals surface area contributed by atoms with Gasteiger partial charge in [0.15, 0.2) is 12.4 Å². The summed E-state index contributed by atoms with van der Waals surface area (Å²) < 4.78 is 42.7. The molecule has 14 nitrogen and oxygen atoms in total. The molecule has 2 aliphatic rings. The van der Waals surface area contributed by atoms with Crippen molar-refractivity contribution in [3.05, 3.63) is 0 Å². The first-order chi connectivity index (χ1) is 32.0. The van der Waals surface area contributed by atoms with E-state index < -0.39 is 87.6 Å². The van der Waals surface area contributed by atoms with Crippen molar-refractivity contribution in [3.8, 4) is 0 Å². The van der Waals surface area contributed by atoms with E-state index in [9.17, 15) is 44.6 Å². The standard InChI is InChI=1S/C51H97O14P/c1-3-5-7-9-11-13-15-17-19-21-23-25-27-29-31-37-45(54)61-44(40-53)51(64-46(55)38-32-30-28-26-24-22-20-18-16-14-12-10-8-6-4-2)66(59,60)65-42-36-34-33-35-41(42)62-50-49(58)48(57)47(56)43(39-52)63-50/h41-44,47-53,56-58H,3-40H2,1-2H3,(H,59,60)/t41?,42?,43-,44-,47-,48+,49+,50+,51?/m0/s1. The van der Waals surface area contributed by atoms with Gasteiger partial charge in [-0.25, -0.2) is 0 Å². The number of hydrogen-bond acceptors (Lipinski definition) is 13. The summed E-state index contributed by atoms with van der Waals surface area (Å²) in [7, 11) is -5.03. The average molecular weight is 965 g/mol. The predicted octanol–water partition coefficient (Wildman–Crippen LogP) is 10.6. The Morgan fingerprint density at radius 2 is 0.924 bits per heavy atom. The van der Waals surface area contributed by atoms with Gasteiger partial charge in [0.05, 0.1) is 25.4 Å². The maximum atomic E-state index is 14.2. The van der Waals surface area contributed by atoms with E-state index in [1.807, 2.05) is 0 Å². The maximum absolute atomic E-state index is 14.2. The molecule has 1 aliphatic carbocycles. The highest BCUT2D eigenvalue weighted by atomic mass is 31.2. The Morgan fingerprint density at radius 1 is 0.545 bits per heavy atom. The van der Waals surface area contributed by atoms with Crippen molar-refractivity contribution in [2.24, 2.45) is 0 Å². The second-order valence-corrected chi connectivity index (χ2v) is 21.2. The number of carbonyl (C=O) groups is 2. The van der Waals surface area contributed by atoms with Crippen LogP contribution in [0.4, 0.5) is 0 Å². The highest BCUT2D eigenvalue weighted by Crippen LogP contribution is 2.53. The van der Waals surface area contributed by atoms with Crippen molar-refractivity contribution in [2.75, 3.05) is 13.2 Å². The lowest BCUT2D eigenvalue weighted by atomic mass is 9.94. The molecular weight excluding hydrogens is 868 g/mol. The Labute approximate surface area is 399 Å². The van der Waals surface area contributed by atoms with Gasteiger partial charge in [-0.05, 0) is 25.7 Å². The van der Waals surface area contributed by atoms with E-state index >= 15 is 0 Å². The molecule has 10 atom stereocenters. The molecule has 0 bridgehead atoms. The fourth-order valence-corrected chi connectivity index (χ4v) is 10.8. The molecule has 390 valence electrons. The Morgan fingerprint density at radius 3 is 1.32 bits per heavy atom. The topological polar surface area (TPSA) is 219 Å². The Hall–Kier alpha value is -1.19. The van der Waals surface area contributed by atoms with E-state index in [-0.39, 0.29) is 19.3 Å². The van der Waals surface area contributed by atoms with Gasteiger partial charge in [0, 0.05) is 12.8 Å². The van der Waals surface area contributed by atoms with Crippen LogP contribution < -0.4 is 0 Å². The first-order valence-corrected chi connectivity index (χ1v) is 28.6. The van der Waals surface area contributed by atoms with E-state index in [0.717, 1.165) is 51.4 Å². The molecule has 0 aromatic heterocycles. The molecule has 2 fully saturated rings. The zero-order chi connectivity index (χ0) is 48.3. The number of unbranched alkanes of at least 4 members (excludes halogenated alkanes) is 28. The summed E-state index contributed by atoms with van der Waals surface area (Å²) in [5.74, 6) is -3.48. The van der Waals surface area contributed by atoms with Crippen molar-refractivity contribution in [1.82, 2.24) is 0 Å². The quantitative estimate of drug-likeness (QED) is 0.0191. The molecule has 66 heavy (non-hydrogen) atoms. The normalized spacial score (nSPS) is 24.2. The largest absolute Gasteiger partial charge is 0.455 e. The van der Waals surface area contributed by atoms with Gasteiger partial charge in [-0.1, -0.05) is 206 Å². The minimum atomic E-state index is -5.03. The molecule has 1 saturated heterocycles. The molecule has 0 radical (unpaired) electrons. The second kappa shape index (κ2) is 38.5. The van der Waals surface area contributed by atoms with E-state index in [1.165, 1.54) is 128 Å². The highest BCUT2D eigenvalue weighted by molar-refractivity contribution is 7.53. The summed E-state index contributed by atoms with van der Waals surface area (Å²) in [5.41, 5.74) is 0. The summed E-state index contributed by atoms with van der Waals surface area (Å²) in [4.78, 5) is 37.9. The van der Waals surface area contributed by atoms with Gasteiger partial charge in [0.1, 0.15) is 24.4 Å². The van der Waals surface area contributed by atoms with E-state index in [1.54, 1.807) is 0 Å². The van der Waals surface area contributed by atoms with Crippen LogP contribution in [-0.4, -0.2) is 110 Å². The van der Waals surface area contributed by atoms with Crippen molar-refractivity contribution < 1.29 is 68.1 Å². The van der Waals surface area contributed by atoms with Crippen molar-refractivity contribution >= 4 is 19.5 Å². The number of ether oxygens (including phenoxy) is 4. The van der Waals surface area contributed by atoms with Gasteiger partial charge < -0.3 is 49.4 Å². The number of esters is 2. The molecule has 0 aromatic rings. The lowest BCUT2D eigenvalue weighted by molar-refractivity contribution is -0.318. The van der Waals surface area contributed by atoms with Gasteiger partial charge in [0.2, 0.25) is 5.85 Å². The molecule has 2 rings (SSSR count). The predicted molar refractivity (Wildman–Crippen MR) is 258 cm³/mol. The third kappa shape index (κ3) is 26.7. The second-order valence-electron chi connectivity index (χ2n) is 19.4. The molecule has 1 heterocycles. The smallest absolute Gasteiger partial charge is 0.372 e. The molecule has 4 unspecified atom stereocenters. The van der Waals surface area contributed by atoms with Gasteiger partial charge in [-0.2, -0.15) is 0 Å². The van der Waals surface area contributed by atoms with Crippen LogP contribution in [0.15, 0.2) is 0 Å². The van der Waals surface area contributed by atoms with Crippen LogP contribution in [0.25, 0.3) is 0 Å². The lowest BCUT2D eigenvalue weighted by Crippen LogP contribution is -2.60. The molecular formula is C51H97O14P. The molecule has 1 saturated carbocycles. The third-order valence-electron chi connectivity index (χ3n) is 13.4. The fourth-order valence-electron chi connectivity index (χ4n) is 9.19. The minimum Gasteiger partial charge on any atom is -0.455 e. The molecule has 0 spiro atoms. The first kappa shape index (κ1) is 60.9. The van der Waals surface area contributed by atoms with Gasteiger partial charge >= 0.3 is 19.5 Å². The summed E-state index contributed by atoms with van der Waals surface area (Å²) >= 11 is 0. The fraction of sp³-hybridized carbons (Fsp3) is 0.961. The zero-order valence-electron chi connectivity index (χ0n) is 41.5. The van der Waals surface area contributed by atoms with Gasteiger partial charge in [-0.3, -0.25) is 18.7 Å². The molecule has 6 N–H and O–H groups in total. The van der Waals surface area contributed by atoms with Crippen molar-refractivity contribution in [1.29, 1.82) is 0 Å². The highest BCUT2D eigenvalue weighted by Gasteiger charge is 2.49. The zero-order valence-corrected chi connectivity index (χ0v) is 42.4. The van der Waals surface area contributed by atoms with Gasteiger partial charge in [0.25, 0.3) is 0 Å².